The van der Waals surface area contributed by atoms with E-state index in [0.29, 0.717) is 6.10 Å². The third kappa shape index (κ3) is 3.67. The molecule has 1 unspecified atom stereocenters. The molecule has 10 heavy (non-hydrogen) atoms. The second kappa shape index (κ2) is 5.48. The van der Waals surface area contributed by atoms with Crippen LogP contribution in [0.2, 0.25) is 0 Å². The molecule has 1 aliphatic rings. The topological polar surface area (TPSA) is 9.23 Å². The van der Waals surface area contributed by atoms with Crippen molar-refractivity contribution in [1.82, 2.24) is 0 Å². The van der Waals surface area contributed by atoms with E-state index in [9.17, 15) is 0 Å². The van der Waals surface area contributed by atoms with E-state index >= 15 is 0 Å². The molecule has 0 aromatic carbocycles. The van der Waals surface area contributed by atoms with Crippen LogP contribution < -0.4 is 0 Å². The molecule has 1 nitrogen and oxygen atoms in total. The Balaban J connectivity index is 0.000000371. The normalized spacial score (nSPS) is 25.1. The van der Waals surface area contributed by atoms with Gasteiger partial charge in [0.15, 0.2) is 0 Å². The summed E-state index contributed by atoms with van der Waals surface area (Å²) < 4.78 is 5.29. The first kappa shape index (κ1) is 9.70. The highest BCUT2D eigenvalue weighted by molar-refractivity contribution is 4.97. The first-order chi connectivity index (χ1) is 4.79. The van der Waals surface area contributed by atoms with Crippen molar-refractivity contribution in [3.05, 3.63) is 12.2 Å². The second-order valence-electron chi connectivity index (χ2n) is 2.39. The summed E-state index contributed by atoms with van der Waals surface area (Å²) in [5, 5.41) is 0. The summed E-state index contributed by atoms with van der Waals surface area (Å²) in [6, 6.07) is 0. The summed E-state index contributed by atoms with van der Waals surface area (Å²) >= 11 is 0. The molecule has 0 spiro atoms. The van der Waals surface area contributed by atoms with E-state index in [-0.39, 0.29) is 0 Å². The number of rotatable bonds is 0. The lowest BCUT2D eigenvalue weighted by Crippen LogP contribution is -2.16. The zero-order chi connectivity index (χ0) is 7.98. The predicted octanol–water partition coefficient (Wildman–Crippen LogP) is 2.77. The molecule has 0 bridgehead atoms. The van der Waals surface area contributed by atoms with Gasteiger partial charge in [-0.25, -0.2) is 0 Å². The first-order valence-electron chi connectivity index (χ1n) is 4.07. The first-order valence-corrected chi connectivity index (χ1v) is 4.07. The van der Waals surface area contributed by atoms with Crippen LogP contribution in [0.5, 0.6) is 0 Å². The van der Waals surface area contributed by atoms with Gasteiger partial charge in [0.2, 0.25) is 0 Å². The summed E-state index contributed by atoms with van der Waals surface area (Å²) in [6.45, 7) is 10.8. The van der Waals surface area contributed by atoms with Crippen molar-refractivity contribution in [3.8, 4) is 0 Å². The lowest BCUT2D eigenvalue weighted by molar-refractivity contribution is 0.0489. The minimum Gasteiger partial charge on any atom is -0.378 e. The van der Waals surface area contributed by atoms with Crippen LogP contribution in [-0.4, -0.2) is 12.7 Å². The molecule has 0 N–H and O–H groups in total. The summed E-state index contributed by atoms with van der Waals surface area (Å²) in [6.07, 6.45) is 2.53. The monoisotopic (exact) mass is 142 g/mol. The van der Waals surface area contributed by atoms with Gasteiger partial charge in [0.1, 0.15) is 0 Å². The molecule has 60 valence electrons. The lowest BCUT2D eigenvalue weighted by atomic mass is 10.1. The average Bonchev–Trinajstić information content (AvgIpc) is 1.91. The Morgan fingerprint density at radius 2 is 2.10 bits per heavy atom. The van der Waals surface area contributed by atoms with Gasteiger partial charge in [-0.2, -0.15) is 0 Å². The molecule has 0 aliphatic carbocycles. The van der Waals surface area contributed by atoms with Crippen molar-refractivity contribution in [2.24, 2.45) is 0 Å². The highest BCUT2D eigenvalue weighted by Gasteiger charge is 2.09. The van der Waals surface area contributed by atoms with Crippen LogP contribution in [0.3, 0.4) is 0 Å². The highest BCUT2D eigenvalue weighted by atomic mass is 16.5. The Bertz CT molecular complexity index is 96.9. The van der Waals surface area contributed by atoms with Crippen LogP contribution in [0, 0.1) is 0 Å². The van der Waals surface area contributed by atoms with Gasteiger partial charge in [0, 0.05) is 0 Å². The molecular weight excluding hydrogens is 124 g/mol. The van der Waals surface area contributed by atoms with Crippen molar-refractivity contribution in [2.45, 2.75) is 39.7 Å². The third-order valence-electron chi connectivity index (χ3n) is 1.43. The van der Waals surface area contributed by atoms with E-state index in [4.69, 9.17) is 4.74 Å². The van der Waals surface area contributed by atoms with Gasteiger partial charge in [-0.15, -0.1) is 0 Å². The van der Waals surface area contributed by atoms with Gasteiger partial charge in [-0.3, -0.25) is 0 Å². The summed E-state index contributed by atoms with van der Waals surface area (Å²) in [5.41, 5.74) is 1.34. The van der Waals surface area contributed by atoms with Gasteiger partial charge in [0.05, 0.1) is 12.7 Å². The maximum Gasteiger partial charge on any atom is 0.0584 e. The van der Waals surface area contributed by atoms with E-state index in [0.717, 1.165) is 19.4 Å². The fourth-order valence-corrected chi connectivity index (χ4v) is 0.972. The molecule has 1 heteroatoms. The van der Waals surface area contributed by atoms with Gasteiger partial charge in [0.25, 0.3) is 0 Å². The average molecular weight is 142 g/mol. The van der Waals surface area contributed by atoms with E-state index in [2.05, 4.69) is 13.5 Å². The quantitative estimate of drug-likeness (QED) is 0.472. The molecule has 0 aromatic heterocycles. The Morgan fingerprint density at radius 3 is 2.40 bits per heavy atom. The number of hydrogen-bond donors (Lipinski definition) is 0. The summed E-state index contributed by atoms with van der Waals surface area (Å²) in [7, 11) is 0. The fraction of sp³-hybridized carbons (Fsp3) is 0.778. The van der Waals surface area contributed by atoms with Crippen molar-refractivity contribution >= 4 is 0 Å². The van der Waals surface area contributed by atoms with Gasteiger partial charge in [-0.05, 0) is 19.8 Å². The molecule has 0 saturated carbocycles. The van der Waals surface area contributed by atoms with Crippen LogP contribution in [0.1, 0.15) is 33.6 Å². The largest absolute Gasteiger partial charge is 0.378 e. The van der Waals surface area contributed by atoms with E-state index in [1.54, 1.807) is 0 Å². The van der Waals surface area contributed by atoms with Crippen molar-refractivity contribution < 1.29 is 4.74 Å². The molecule has 1 rings (SSSR count). The molecule has 1 aliphatic heterocycles. The van der Waals surface area contributed by atoms with E-state index < -0.39 is 0 Å². The predicted molar refractivity (Wildman–Crippen MR) is 45.1 cm³/mol. The number of ether oxygens (including phenoxy) is 1. The van der Waals surface area contributed by atoms with Crippen LogP contribution in [0.15, 0.2) is 12.2 Å². The highest BCUT2D eigenvalue weighted by Crippen LogP contribution is 2.15. The molecule has 1 fully saturated rings. The fourth-order valence-electron chi connectivity index (χ4n) is 0.972. The standard InChI is InChI=1S/C7H12O.C2H6/c1-6-3-4-8-7(2)5-6;1-2/h7H,1,3-5H2,2H3;1-2H3. The van der Waals surface area contributed by atoms with Gasteiger partial charge >= 0.3 is 0 Å². The van der Waals surface area contributed by atoms with E-state index in [1.807, 2.05) is 13.8 Å². The molecule has 1 saturated heterocycles. The number of hydrogen-bond acceptors (Lipinski definition) is 1. The van der Waals surface area contributed by atoms with Gasteiger partial charge in [-0.1, -0.05) is 26.0 Å². The molecule has 1 heterocycles. The summed E-state index contributed by atoms with van der Waals surface area (Å²) in [5.74, 6) is 0. The Morgan fingerprint density at radius 1 is 1.50 bits per heavy atom. The molecule has 0 amide bonds. The summed E-state index contributed by atoms with van der Waals surface area (Å²) in [4.78, 5) is 0. The Labute approximate surface area is 64.1 Å². The minimum absolute atomic E-state index is 0.413. The molecule has 0 radical (unpaired) electrons. The van der Waals surface area contributed by atoms with Crippen LogP contribution in [0.25, 0.3) is 0 Å². The Hall–Kier alpha value is -0.300. The van der Waals surface area contributed by atoms with Crippen molar-refractivity contribution in [3.63, 3.8) is 0 Å². The third-order valence-corrected chi connectivity index (χ3v) is 1.43. The molecule has 0 aromatic rings. The molecular formula is C9H18O. The zero-order valence-corrected chi connectivity index (χ0v) is 7.31. The van der Waals surface area contributed by atoms with E-state index in [1.165, 1.54) is 5.57 Å². The second-order valence-corrected chi connectivity index (χ2v) is 2.39. The van der Waals surface area contributed by atoms with Gasteiger partial charge < -0.3 is 4.74 Å². The maximum absolute atomic E-state index is 5.29. The zero-order valence-electron chi connectivity index (χ0n) is 7.31. The molecule has 1 atom stereocenters. The minimum atomic E-state index is 0.413. The smallest absolute Gasteiger partial charge is 0.0584 e. The lowest BCUT2D eigenvalue weighted by Gasteiger charge is -2.20. The van der Waals surface area contributed by atoms with Crippen LogP contribution in [-0.2, 0) is 4.74 Å². The SMILES string of the molecule is C=C1CCOC(C)C1.CC. The van der Waals surface area contributed by atoms with Crippen LogP contribution in [0.4, 0.5) is 0 Å². The van der Waals surface area contributed by atoms with Crippen molar-refractivity contribution in [2.75, 3.05) is 6.61 Å². The Kier molecular flexibility index (Phi) is 5.32. The van der Waals surface area contributed by atoms with Crippen LogP contribution >= 0.6 is 0 Å². The van der Waals surface area contributed by atoms with Crippen molar-refractivity contribution in [1.29, 1.82) is 0 Å². The maximum atomic E-state index is 5.29.